The van der Waals surface area contributed by atoms with Crippen LogP contribution in [-0.2, 0) is 49.3 Å². The summed E-state index contributed by atoms with van der Waals surface area (Å²) in [6.07, 6.45) is -0.626. The van der Waals surface area contributed by atoms with Crippen molar-refractivity contribution in [2.45, 2.75) is 62.4 Å². The molecule has 2 fully saturated rings. The van der Waals surface area contributed by atoms with Gasteiger partial charge in [-0.25, -0.2) is 33.7 Å². The van der Waals surface area contributed by atoms with Crippen molar-refractivity contribution >= 4 is 62.9 Å². The second-order valence-corrected chi connectivity index (χ2v) is 19.2. The molecular formula is C28H38N4O12S4. The van der Waals surface area contributed by atoms with Gasteiger partial charge in [-0.05, 0) is 63.1 Å². The summed E-state index contributed by atoms with van der Waals surface area (Å²) in [5.74, 6) is -3.99. The summed E-state index contributed by atoms with van der Waals surface area (Å²) in [4.78, 5) is 22.5. The van der Waals surface area contributed by atoms with Gasteiger partial charge in [0, 0.05) is 25.2 Å². The number of anilines is 2. The number of hydrogen-bond donors (Lipinski definition) is 2. The van der Waals surface area contributed by atoms with Gasteiger partial charge < -0.3 is 20.1 Å². The first kappa shape index (κ1) is 37.5. The van der Waals surface area contributed by atoms with Crippen LogP contribution in [0.2, 0.25) is 0 Å². The van der Waals surface area contributed by atoms with Crippen LogP contribution in [-0.4, -0.2) is 103 Å². The first-order chi connectivity index (χ1) is 22.3. The molecule has 2 aliphatic heterocycles. The predicted octanol–water partition coefficient (Wildman–Crippen LogP) is 1.37. The molecule has 0 radical (unpaired) electrons. The number of amides is 2. The highest BCUT2D eigenvalue weighted by molar-refractivity contribution is 7.93. The van der Waals surface area contributed by atoms with Gasteiger partial charge in [0.05, 0.1) is 48.3 Å². The number of carbonyl (C=O) groups excluding carboxylic acids is 2. The molecule has 0 aliphatic carbocycles. The maximum atomic E-state index is 14.9. The van der Waals surface area contributed by atoms with E-state index < -0.39 is 96.4 Å². The number of sulfonamides is 2. The molecule has 2 aliphatic rings. The van der Waals surface area contributed by atoms with Gasteiger partial charge in [0.15, 0.2) is 19.7 Å². The average Bonchev–Trinajstić information content (AvgIpc) is 3.52. The minimum atomic E-state index is -5.13. The van der Waals surface area contributed by atoms with E-state index in [0.717, 1.165) is 12.1 Å². The molecule has 16 nitrogen and oxygen atoms in total. The van der Waals surface area contributed by atoms with Crippen LogP contribution in [0.25, 0.3) is 0 Å². The zero-order valence-corrected chi connectivity index (χ0v) is 30.0. The quantitative estimate of drug-likeness (QED) is 0.278. The van der Waals surface area contributed by atoms with Crippen molar-refractivity contribution in [1.82, 2.24) is 8.83 Å². The summed E-state index contributed by atoms with van der Waals surface area (Å²) in [5, 5.41) is 4.93. The van der Waals surface area contributed by atoms with Gasteiger partial charge in [-0.2, -0.15) is 0 Å². The van der Waals surface area contributed by atoms with Gasteiger partial charge in [0.25, 0.3) is 20.0 Å². The first-order valence-corrected chi connectivity index (χ1v) is 21.4. The van der Waals surface area contributed by atoms with Crippen molar-refractivity contribution in [2.75, 3.05) is 46.9 Å². The third-order valence-electron chi connectivity index (χ3n) is 7.41. The fourth-order valence-corrected chi connectivity index (χ4v) is 13.2. The molecule has 2 aromatic rings. The monoisotopic (exact) mass is 750 g/mol. The molecule has 0 spiro atoms. The predicted molar refractivity (Wildman–Crippen MR) is 176 cm³/mol. The smallest absolute Gasteiger partial charge is 0.260 e. The lowest BCUT2D eigenvalue weighted by Gasteiger charge is -2.39. The molecule has 2 heterocycles. The van der Waals surface area contributed by atoms with E-state index in [1.54, 1.807) is 13.8 Å². The van der Waals surface area contributed by atoms with Gasteiger partial charge in [-0.3, -0.25) is 9.59 Å². The standard InChI is InChI=1S/C28H38N4O12S4/c1-5-43-25-9-7-21(29-19(3)33)15-27(25)47(39,40)31(23-11-13-45(35,36)17-23)32(24-12-14-46(37,38)18-24)48(41,42)28-16-22(30-20(4)34)8-10-26(28)44-6-2/h7-10,15-16,23-24H,5-6,11-14,17-18H2,1-4H3,(H,29,33)(H,30,34). The molecule has 48 heavy (non-hydrogen) atoms. The number of rotatable bonds is 13. The van der Waals surface area contributed by atoms with Gasteiger partial charge in [-0.1, -0.05) is 0 Å². The normalized spacial score (nSPS) is 20.5. The molecular weight excluding hydrogens is 713 g/mol. The molecule has 2 atom stereocenters. The second kappa shape index (κ2) is 14.3. The van der Waals surface area contributed by atoms with E-state index in [1.807, 2.05) is 0 Å². The molecule has 2 amide bonds. The number of hydrazine groups is 1. The lowest BCUT2D eigenvalue weighted by molar-refractivity contribution is -0.115. The Kier molecular flexibility index (Phi) is 11.2. The Hall–Kier alpha value is -3.30. The third kappa shape index (κ3) is 8.28. The SMILES string of the molecule is CCOc1ccc(NC(C)=O)cc1S(=O)(=O)N(C1CCS(=O)(=O)C1)N(C1CCS(=O)(=O)C1)S(=O)(=O)c1cc(NC(C)=O)ccc1OCC. The van der Waals surface area contributed by atoms with Crippen LogP contribution < -0.4 is 20.1 Å². The van der Waals surface area contributed by atoms with Crippen molar-refractivity contribution in [3.8, 4) is 11.5 Å². The van der Waals surface area contributed by atoms with Gasteiger partial charge >= 0.3 is 0 Å². The summed E-state index contributed by atoms with van der Waals surface area (Å²) in [6.45, 7) is 5.51. The van der Waals surface area contributed by atoms with Crippen LogP contribution in [0.1, 0.15) is 40.5 Å². The van der Waals surface area contributed by atoms with E-state index in [2.05, 4.69) is 10.6 Å². The first-order valence-electron chi connectivity index (χ1n) is 14.9. The van der Waals surface area contributed by atoms with Crippen molar-refractivity contribution in [3.63, 3.8) is 0 Å². The van der Waals surface area contributed by atoms with Gasteiger partial charge in [0.1, 0.15) is 21.3 Å². The van der Waals surface area contributed by atoms with E-state index in [0.29, 0.717) is 8.83 Å². The maximum Gasteiger partial charge on any atom is 0.260 e. The molecule has 0 aromatic heterocycles. The second-order valence-electron chi connectivity index (χ2n) is 11.2. The molecule has 266 valence electrons. The van der Waals surface area contributed by atoms with Crippen LogP contribution in [0.5, 0.6) is 11.5 Å². The number of nitrogens with one attached hydrogen (secondary N) is 2. The highest BCUT2D eigenvalue weighted by Crippen LogP contribution is 2.40. The Morgan fingerprint density at radius 1 is 0.708 bits per heavy atom. The fourth-order valence-electron chi connectivity index (χ4n) is 5.56. The highest BCUT2D eigenvalue weighted by Gasteiger charge is 2.52. The molecule has 2 saturated heterocycles. The minimum Gasteiger partial charge on any atom is -0.492 e. The van der Waals surface area contributed by atoms with Gasteiger partial charge in [-0.15, -0.1) is 8.83 Å². The van der Waals surface area contributed by atoms with Crippen LogP contribution in [0, 0.1) is 0 Å². The van der Waals surface area contributed by atoms with E-state index in [1.165, 1.54) is 38.1 Å². The summed E-state index contributed by atoms with van der Waals surface area (Å²) in [7, 11) is -18.0. The summed E-state index contributed by atoms with van der Waals surface area (Å²) in [5.41, 5.74) is 0.0334. The lowest BCUT2D eigenvalue weighted by Crippen LogP contribution is -2.59. The molecule has 0 bridgehead atoms. The zero-order chi connectivity index (χ0) is 35.7. The average molecular weight is 751 g/mol. The van der Waals surface area contributed by atoms with E-state index in [4.69, 9.17) is 9.47 Å². The van der Waals surface area contributed by atoms with E-state index in [9.17, 15) is 43.3 Å². The Morgan fingerprint density at radius 2 is 1.06 bits per heavy atom. The number of hydrogen-bond acceptors (Lipinski definition) is 12. The molecule has 20 heteroatoms. The molecule has 0 saturated carbocycles. The van der Waals surface area contributed by atoms with Crippen LogP contribution >= 0.6 is 0 Å². The maximum absolute atomic E-state index is 14.9. The lowest BCUT2D eigenvalue weighted by atomic mass is 10.2. The Morgan fingerprint density at radius 3 is 1.33 bits per heavy atom. The van der Waals surface area contributed by atoms with E-state index >= 15 is 0 Å². The summed E-state index contributed by atoms with van der Waals surface area (Å²) < 4.78 is 123. The fraction of sp³-hybridized carbons (Fsp3) is 0.500. The van der Waals surface area contributed by atoms with Crippen LogP contribution in [0.4, 0.5) is 11.4 Å². The van der Waals surface area contributed by atoms with E-state index in [-0.39, 0.29) is 48.9 Å². The highest BCUT2D eigenvalue weighted by atomic mass is 32.2. The Labute approximate surface area is 280 Å². The van der Waals surface area contributed by atoms with Crippen molar-refractivity contribution < 1.29 is 52.7 Å². The van der Waals surface area contributed by atoms with Crippen LogP contribution in [0.15, 0.2) is 46.2 Å². The number of sulfone groups is 2. The van der Waals surface area contributed by atoms with Crippen molar-refractivity contribution in [1.29, 1.82) is 0 Å². The number of nitrogens with zero attached hydrogens (tertiary/aromatic N) is 2. The van der Waals surface area contributed by atoms with Crippen molar-refractivity contribution in [3.05, 3.63) is 36.4 Å². The number of carbonyl (C=O) groups is 2. The third-order valence-corrected chi connectivity index (χ3v) is 14.7. The summed E-state index contributed by atoms with van der Waals surface area (Å²) in [6, 6.07) is 4.37. The number of benzene rings is 2. The Bertz CT molecular complexity index is 1870. The van der Waals surface area contributed by atoms with Crippen molar-refractivity contribution in [2.24, 2.45) is 0 Å². The molecule has 2 unspecified atom stereocenters. The van der Waals surface area contributed by atoms with Gasteiger partial charge in [0.2, 0.25) is 11.8 Å². The largest absolute Gasteiger partial charge is 0.492 e. The molecule has 2 N–H and O–H groups in total. The number of ether oxygens (including phenoxy) is 2. The summed E-state index contributed by atoms with van der Waals surface area (Å²) >= 11 is 0. The molecule has 4 rings (SSSR count). The topological polar surface area (TPSA) is 220 Å². The minimum absolute atomic E-state index is 0.0167. The zero-order valence-electron chi connectivity index (χ0n) is 26.7. The Balaban J connectivity index is 2.07. The molecule has 2 aromatic carbocycles. The van der Waals surface area contributed by atoms with Crippen LogP contribution in [0.3, 0.4) is 0 Å².